The standard InChI is InChI=1S/C15H22N2O3/c18-8-2-5-16-15(19)14-4-1-3-13(11-14)12-17-6-9-20-10-7-17/h1,3-4,11,18H,2,5-10,12H2,(H,16,19). The zero-order chi connectivity index (χ0) is 14.2. The number of morpholine rings is 1. The molecule has 5 heteroatoms. The molecule has 0 bridgehead atoms. The minimum absolute atomic E-state index is 0.0812. The molecule has 20 heavy (non-hydrogen) atoms. The normalized spacial score (nSPS) is 16.1. The van der Waals surface area contributed by atoms with Crippen LogP contribution in [0.1, 0.15) is 22.3 Å². The molecule has 0 spiro atoms. The summed E-state index contributed by atoms with van der Waals surface area (Å²) in [5.41, 5.74) is 1.82. The molecule has 1 aliphatic rings. The summed E-state index contributed by atoms with van der Waals surface area (Å²) in [6.45, 7) is 4.88. The van der Waals surface area contributed by atoms with Crippen LogP contribution in [0.25, 0.3) is 0 Å². The maximum atomic E-state index is 11.9. The van der Waals surface area contributed by atoms with Gasteiger partial charge in [-0.3, -0.25) is 9.69 Å². The number of aliphatic hydroxyl groups excluding tert-OH is 1. The lowest BCUT2D eigenvalue weighted by atomic mass is 10.1. The Bertz CT molecular complexity index is 431. The topological polar surface area (TPSA) is 61.8 Å². The molecule has 1 aliphatic heterocycles. The lowest BCUT2D eigenvalue weighted by molar-refractivity contribution is 0.0342. The second-order valence-corrected chi connectivity index (χ2v) is 4.92. The number of hydrogen-bond acceptors (Lipinski definition) is 4. The third-order valence-electron chi connectivity index (χ3n) is 3.32. The van der Waals surface area contributed by atoms with E-state index in [0.717, 1.165) is 38.4 Å². The van der Waals surface area contributed by atoms with Crippen molar-refractivity contribution in [2.45, 2.75) is 13.0 Å². The van der Waals surface area contributed by atoms with Gasteiger partial charge in [-0.2, -0.15) is 0 Å². The van der Waals surface area contributed by atoms with E-state index in [4.69, 9.17) is 9.84 Å². The molecule has 0 aliphatic carbocycles. The SMILES string of the molecule is O=C(NCCCO)c1cccc(CN2CCOCC2)c1. The van der Waals surface area contributed by atoms with E-state index in [-0.39, 0.29) is 12.5 Å². The van der Waals surface area contributed by atoms with Crippen molar-refractivity contribution in [2.24, 2.45) is 0 Å². The van der Waals surface area contributed by atoms with Gasteiger partial charge in [0.1, 0.15) is 0 Å². The number of carbonyl (C=O) groups is 1. The summed E-state index contributed by atoms with van der Waals surface area (Å²) in [6.07, 6.45) is 0.583. The van der Waals surface area contributed by atoms with Crippen molar-refractivity contribution < 1.29 is 14.6 Å². The van der Waals surface area contributed by atoms with Gasteiger partial charge < -0.3 is 15.2 Å². The predicted molar refractivity (Wildman–Crippen MR) is 76.6 cm³/mol. The molecular weight excluding hydrogens is 256 g/mol. The Labute approximate surface area is 119 Å². The van der Waals surface area contributed by atoms with Crippen molar-refractivity contribution in [3.05, 3.63) is 35.4 Å². The summed E-state index contributed by atoms with van der Waals surface area (Å²) in [5, 5.41) is 11.5. The van der Waals surface area contributed by atoms with Gasteiger partial charge in [0.25, 0.3) is 5.91 Å². The molecule has 2 rings (SSSR count). The Kier molecular flexibility index (Phi) is 5.98. The van der Waals surface area contributed by atoms with E-state index in [9.17, 15) is 4.79 Å². The minimum Gasteiger partial charge on any atom is -0.396 e. The molecule has 1 saturated heterocycles. The number of benzene rings is 1. The van der Waals surface area contributed by atoms with Crippen LogP contribution >= 0.6 is 0 Å². The van der Waals surface area contributed by atoms with Gasteiger partial charge in [0.15, 0.2) is 0 Å². The predicted octanol–water partition coefficient (Wildman–Crippen LogP) is 0.631. The highest BCUT2D eigenvalue weighted by Gasteiger charge is 2.12. The summed E-state index contributed by atoms with van der Waals surface area (Å²) in [6, 6.07) is 7.71. The number of nitrogens with one attached hydrogen (secondary N) is 1. The number of amides is 1. The molecule has 1 heterocycles. The van der Waals surface area contributed by atoms with Crippen molar-refractivity contribution in [2.75, 3.05) is 39.5 Å². The molecule has 1 fully saturated rings. The van der Waals surface area contributed by atoms with E-state index in [1.165, 1.54) is 0 Å². The molecular formula is C15H22N2O3. The first-order valence-corrected chi connectivity index (χ1v) is 7.07. The zero-order valence-electron chi connectivity index (χ0n) is 11.7. The van der Waals surface area contributed by atoms with E-state index >= 15 is 0 Å². The van der Waals surface area contributed by atoms with Gasteiger partial charge in [0.05, 0.1) is 13.2 Å². The fourth-order valence-electron chi connectivity index (χ4n) is 2.21. The number of hydrogen-bond donors (Lipinski definition) is 2. The van der Waals surface area contributed by atoms with Crippen LogP contribution in [0, 0.1) is 0 Å². The number of ether oxygens (including phenoxy) is 1. The summed E-state index contributed by atoms with van der Waals surface area (Å²) in [4.78, 5) is 14.3. The molecule has 0 atom stereocenters. The summed E-state index contributed by atoms with van der Waals surface area (Å²) >= 11 is 0. The van der Waals surface area contributed by atoms with Gasteiger partial charge in [-0.1, -0.05) is 12.1 Å². The quantitative estimate of drug-likeness (QED) is 0.749. The molecule has 1 aromatic rings. The second kappa shape index (κ2) is 7.99. The van der Waals surface area contributed by atoms with Gasteiger partial charge in [-0.15, -0.1) is 0 Å². The van der Waals surface area contributed by atoms with Crippen LogP contribution < -0.4 is 5.32 Å². The molecule has 0 aromatic heterocycles. The van der Waals surface area contributed by atoms with Crippen molar-refractivity contribution in [3.8, 4) is 0 Å². The van der Waals surface area contributed by atoms with Crippen LogP contribution in [0.5, 0.6) is 0 Å². The van der Waals surface area contributed by atoms with Crippen molar-refractivity contribution in [1.82, 2.24) is 10.2 Å². The first kappa shape index (κ1) is 15.0. The molecule has 0 saturated carbocycles. The average molecular weight is 278 g/mol. The van der Waals surface area contributed by atoms with E-state index in [1.54, 1.807) is 0 Å². The molecule has 0 radical (unpaired) electrons. The Hall–Kier alpha value is -1.43. The van der Waals surface area contributed by atoms with E-state index in [0.29, 0.717) is 18.5 Å². The van der Waals surface area contributed by atoms with Gasteiger partial charge in [-0.25, -0.2) is 0 Å². The molecule has 1 amide bonds. The smallest absolute Gasteiger partial charge is 0.251 e. The Morgan fingerprint density at radius 2 is 2.15 bits per heavy atom. The number of carbonyl (C=O) groups excluding carboxylic acids is 1. The third kappa shape index (κ3) is 4.59. The zero-order valence-corrected chi connectivity index (χ0v) is 11.7. The molecule has 110 valence electrons. The highest BCUT2D eigenvalue weighted by atomic mass is 16.5. The van der Waals surface area contributed by atoms with E-state index in [1.807, 2.05) is 24.3 Å². The van der Waals surface area contributed by atoms with Gasteiger partial charge in [0.2, 0.25) is 0 Å². The first-order chi connectivity index (χ1) is 9.79. The number of nitrogens with zero attached hydrogens (tertiary/aromatic N) is 1. The van der Waals surface area contributed by atoms with Gasteiger partial charge in [0, 0.05) is 38.3 Å². The van der Waals surface area contributed by atoms with E-state index < -0.39 is 0 Å². The van der Waals surface area contributed by atoms with Gasteiger partial charge >= 0.3 is 0 Å². The Balaban J connectivity index is 1.91. The van der Waals surface area contributed by atoms with Crippen LogP contribution in [-0.4, -0.2) is 55.4 Å². The summed E-state index contributed by atoms with van der Waals surface area (Å²) in [7, 11) is 0. The Morgan fingerprint density at radius 3 is 2.90 bits per heavy atom. The summed E-state index contributed by atoms with van der Waals surface area (Å²) < 4.78 is 5.33. The van der Waals surface area contributed by atoms with Crippen LogP contribution in [0.3, 0.4) is 0 Å². The minimum atomic E-state index is -0.0812. The number of rotatable bonds is 6. The monoisotopic (exact) mass is 278 g/mol. The van der Waals surface area contributed by atoms with Gasteiger partial charge in [-0.05, 0) is 24.1 Å². The average Bonchev–Trinajstić information content (AvgIpc) is 2.49. The highest BCUT2D eigenvalue weighted by molar-refractivity contribution is 5.94. The largest absolute Gasteiger partial charge is 0.396 e. The maximum Gasteiger partial charge on any atom is 0.251 e. The lowest BCUT2D eigenvalue weighted by Crippen LogP contribution is -2.35. The molecule has 1 aromatic carbocycles. The number of aliphatic hydroxyl groups is 1. The van der Waals surface area contributed by atoms with E-state index in [2.05, 4.69) is 10.2 Å². The molecule has 5 nitrogen and oxygen atoms in total. The fraction of sp³-hybridized carbons (Fsp3) is 0.533. The fourth-order valence-corrected chi connectivity index (χ4v) is 2.21. The molecule has 0 unspecified atom stereocenters. The van der Waals surface area contributed by atoms with Crippen LogP contribution in [0.2, 0.25) is 0 Å². The van der Waals surface area contributed by atoms with Crippen molar-refractivity contribution in [3.63, 3.8) is 0 Å². The summed E-state index contributed by atoms with van der Waals surface area (Å²) in [5.74, 6) is -0.0812. The van der Waals surface area contributed by atoms with Crippen molar-refractivity contribution >= 4 is 5.91 Å². The Morgan fingerprint density at radius 1 is 1.35 bits per heavy atom. The highest BCUT2D eigenvalue weighted by Crippen LogP contribution is 2.10. The van der Waals surface area contributed by atoms with Crippen LogP contribution in [0.15, 0.2) is 24.3 Å². The van der Waals surface area contributed by atoms with Crippen LogP contribution in [-0.2, 0) is 11.3 Å². The second-order valence-electron chi connectivity index (χ2n) is 4.92. The molecule has 2 N–H and O–H groups in total. The first-order valence-electron chi connectivity index (χ1n) is 7.07. The van der Waals surface area contributed by atoms with Crippen molar-refractivity contribution in [1.29, 1.82) is 0 Å². The lowest BCUT2D eigenvalue weighted by Gasteiger charge is -2.26. The van der Waals surface area contributed by atoms with Crippen LogP contribution in [0.4, 0.5) is 0 Å². The maximum absolute atomic E-state index is 11.9. The third-order valence-corrected chi connectivity index (χ3v) is 3.32.